The number of ether oxygens (including phenoxy) is 2. The Hall–Kier alpha value is -3.59. The van der Waals surface area contributed by atoms with Crippen LogP contribution >= 0.6 is 0 Å². The van der Waals surface area contributed by atoms with E-state index < -0.39 is 5.41 Å². The molecule has 5 rings (SSSR count). The standard InChI is InChI=1S/C34H46N4O5/c1-26-25-43-30-13-4-3-12-29(30)31(39)35-17-6-5-14-34(33(41)36-26)15-20-38(21-16-34)32(40)27-10-9-11-28(24-27)42-23-22-37-18-7-2-8-19-37/h3-4,9-13,24,26H,2,5-8,14-23,25H2,1H3,(H,35,39)(H,36,41)/t26-/m1/s1. The highest BCUT2D eigenvalue weighted by molar-refractivity contribution is 5.97. The number of hydrogen-bond acceptors (Lipinski definition) is 6. The number of nitrogens with one attached hydrogen (secondary N) is 2. The van der Waals surface area contributed by atoms with Crippen LogP contribution in [-0.4, -0.2) is 86.0 Å². The van der Waals surface area contributed by atoms with Crippen molar-refractivity contribution in [2.24, 2.45) is 5.41 Å². The van der Waals surface area contributed by atoms with Crippen molar-refractivity contribution in [3.05, 3.63) is 59.7 Å². The summed E-state index contributed by atoms with van der Waals surface area (Å²) in [7, 11) is 0. The topological polar surface area (TPSA) is 100 Å². The smallest absolute Gasteiger partial charge is 0.255 e. The van der Waals surface area contributed by atoms with E-state index in [1.165, 1.54) is 19.3 Å². The van der Waals surface area contributed by atoms with E-state index in [1.54, 1.807) is 12.1 Å². The fourth-order valence-corrected chi connectivity index (χ4v) is 6.40. The van der Waals surface area contributed by atoms with Gasteiger partial charge in [0.2, 0.25) is 5.91 Å². The highest BCUT2D eigenvalue weighted by Crippen LogP contribution is 2.38. The molecule has 0 aliphatic carbocycles. The average molecular weight is 591 g/mol. The maximum Gasteiger partial charge on any atom is 0.255 e. The third-order valence-electron chi connectivity index (χ3n) is 9.06. The highest BCUT2D eigenvalue weighted by atomic mass is 16.5. The van der Waals surface area contributed by atoms with E-state index in [9.17, 15) is 14.4 Å². The molecule has 9 nitrogen and oxygen atoms in total. The molecule has 3 heterocycles. The summed E-state index contributed by atoms with van der Waals surface area (Å²) in [4.78, 5) is 44.3. The van der Waals surface area contributed by atoms with Crippen molar-refractivity contribution in [1.29, 1.82) is 0 Å². The van der Waals surface area contributed by atoms with Gasteiger partial charge in [0.25, 0.3) is 11.8 Å². The number of para-hydroxylation sites is 1. The Balaban J connectivity index is 1.18. The van der Waals surface area contributed by atoms with Crippen molar-refractivity contribution < 1.29 is 23.9 Å². The number of piperidine rings is 2. The molecular formula is C34H46N4O5. The molecule has 43 heavy (non-hydrogen) atoms. The zero-order valence-corrected chi connectivity index (χ0v) is 25.4. The molecule has 2 fully saturated rings. The Morgan fingerprint density at radius 2 is 1.74 bits per heavy atom. The van der Waals surface area contributed by atoms with Crippen molar-refractivity contribution in [2.75, 3.05) is 52.5 Å². The van der Waals surface area contributed by atoms with Crippen molar-refractivity contribution in [3.8, 4) is 11.5 Å². The second kappa shape index (κ2) is 14.7. The third kappa shape index (κ3) is 8.07. The SMILES string of the molecule is C[C@@H]1COc2ccccc2C(=O)NCCCCC2(CCN(C(=O)c3cccc(OCCN4CCCCC4)c3)CC2)C(=O)N1. The maximum atomic E-state index is 13.7. The molecule has 1 atom stereocenters. The second-order valence-corrected chi connectivity index (χ2v) is 12.2. The minimum atomic E-state index is -0.559. The minimum Gasteiger partial charge on any atom is -0.492 e. The Kier molecular flexibility index (Phi) is 10.6. The van der Waals surface area contributed by atoms with Crippen molar-refractivity contribution in [1.82, 2.24) is 20.4 Å². The summed E-state index contributed by atoms with van der Waals surface area (Å²) in [6.07, 6.45) is 7.30. The van der Waals surface area contributed by atoms with Crippen LogP contribution in [0.15, 0.2) is 48.5 Å². The molecule has 2 aromatic rings. The summed E-state index contributed by atoms with van der Waals surface area (Å²) < 4.78 is 12.0. The van der Waals surface area contributed by atoms with Crippen LogP contribution in [0.1, 0.15) is 79.0 Å². The number of carbonyl (C=O) groups excluding carboxylic acids is 3. The molecule has 0 saturated carbocycles. The predicted octanol–water partition coefficient (Wildman–Crippen LogP) is 4.27. The molecule has 2 saturated heterocycles. The van der Waals surface area contributed by atoms with E-state index in [4.69, 9.17) is 9.47 Å². The lowest BCUT2D eigenvalue weighted by molar-refractivity contribution is -0.135. The number of carbonyl (C=O) groups is 3. The Bertz CT molecular complexity index is 1250. The van der Waals surface area contributed by atoms with Crippen molar-refractivity contribution in [3.63, 3.8) is 0 Å². The number of amides is 3. The summed E-state index contributed by atoms with van der Waals surface area (Å²) in [6.45, 7) is 7.51. The van der Waals surface area contributed by atoms with E-state index in [2.05, 4.69) is 15.5 Å². The Labute approximate surface area is 255 Å². The van der Waals surface area contributed by atoms with Gasteiger partial charge < -0.3 is 25.0 Å². The molecule has 3 aliphatic rings. The van der Waals surface area contributed by atoms with Crippen LogP contribution in [-0.2, 0) is 4.79 Å². The largest absolute Gasteiger partial charge is 0.492 e. The van der Waals surface area contributed by atoms with Crippen LogP contribution in [0, 0.1) is 5.41 Å². The minimum absolute atomic E-state index is 0.0224. The fraction of sp³-hybridized carbons (Fsp3) is 0.559. The highest BCUT2D eigenvalue weighted by Gasteiger charge is 2.42. The molecular weight excluding hydrogens is 544 g/mol. The van der Waals surface area contributed by atoms with Gasteiger partial charge in [0.1, 0.15) is 24.7 Å². The molecule has 0 radical (unpaired) electrons. The van der Waals surface area contributed by atoms with Gasteiger partial charge in [-0.3, -0.25) is 19.3 Å². The molecule has 1 spiro atoms. The zero-order valence-electron chi connectivity index (χ0n) is 25.4. The van der Waals surface area contributed by atoms with Crippen LogP contribution in [0.4, 0.5) is 0 Å². The second-order valence-electron chi connectivity index (χ2n) is 12.2. The van der Waals surface area contributed by atoms with Gasteiger partial charge in [-0.15, -0.1) is 0 Å². The Morgan fingerprint density at radius 1 is 0.953 bits per heavy atom. The van der Waals surface area contributed by atoms with Gasteiger partial charge in [0, 0.05) is 31.7 Å². The number of fused-ring (bicyclic) bond motifs is 1. The fourth-order valence-electron chi connectivity index (χ4n) is 6.40. The molecule has 2 N–H and O–H groups in total. The van der Waals surface area contributed by atoms with E-state index in [0.717, 1.165) is 32.5 Å². The summed E-state index contributed by atoms with van der Waals surface area (Å²) in [5.41, 5.74) is 0.557. The first kappa shape index (κ1) is 30.9. The van der Waals surface area contributed by atoms with E-state index in [1.807, 2.05) is 48.2 Å². The van der Waals surface area contributed by atoms with Crippen LogP contribution in [0.25, 0.3) is 0 Å². The molecule has 232 valence electrons. The number of nitrogens with zero attached hydrogens (tertiary/aromatic N) is 2. The number of rotatable bonds is 5. The zero-order chi connectivity index (χ0) is 30.1. The molecule has 3 aliphatic heterocycles. The van der Waals surface area contributed by atoms with Gasteiger partial charge in [-0.05, 0) is 88.9 Å². The quantitative estimate of drug-likeness (QED) is 0.540. The predicted molar refractivity (Wildman–Crippen MR) is 166 cm³/mol. The van der Waals surface area contributed by atoms with Crippen LogP contribution in [0.3, 0.4) is 0 Å². The first-order chi connectivity index (χ1) is 20.9. The first-order valence-corrected chi connectivity index (χ1v) is 16.0. The molecule has 0 bridgehead atoms. The Morgan fingerprint density at radius 3 is 2.56 bits per heavy atom. The van der Waals surface area contributed by atoms with E-state index in [0.29, 0.717) is 68.1 Å². The maximum absolute atomic E-state index is 13.7. The lowest BCUT2D eigenvalue weighted by Crippen LogP contribution is -2.52. The average Bonchev–Trinajstić information content (AvgIpc) is 3.04. The van der Waals surface area contributed by atoms with Crippen LogP contribution < -0.4 is 20.1 Å². The number of hydrogen-bond donors (Lipinski definition) is 2. The van der Waals surface area contributed by atoms with Crippen molar-refractivity contribution >= 4 is 17.7 Å². The summed E-state index contributed by atoms with van der Waals surface area (Å²) in [5.74, 6) is 1.07. The lowest BCUT2D eigenvalue weighted by atomic mass is 9.73. The van der Waals surface area contributed by atoms with Crippen molar-refractivity contribution in [2.45, 2.75) is 64.3 Å². The normalized spacial score (nSPS) is 22.0. The monoisotopic (exact) mass is 590 g/mol. The van der Waals surface area contributed by atoms with Crippen LogP contribution in [0.2, 0.25) is 0 Å². The third-order valence-corrected chi connectivity index (χ3v) is 9.06. The van der Waals surface area contributed by atoms with Gasteiger partial charge in [0.15, 0.2) is 0 Å². The first-order valence-electron chi connectivity index (χ1n) is 16.0. The van der Waals surface area contributed by atoms with E-state index in [-0.39, 0.29) is 30.4 Å². The van der Waals surface area contributed by atoms with Gasteiger partial charge in [-0.2, -0.15) is 0 Å². The number of benzene rings is 2. The summed E-state index contributed by atoms with van der Waals surface area (Å²) in [6, 6.07) is 14.4. The molecule has 0 aromatic heterocycles. The van der Waals surface area contributed by atoms with Crippen LogP contribution in [0.5, 0.6) is 11.5 Å². The number of likely N-dealkylation sites (tertiary alicyclic amines) is 2. The van der Waals surface area contributed by atoms with Gasteiger partial charge in [-0.25, -0.2) is 0 Å². The molecule has 2 aromatic carbocycles. The molecule has 3 amide bonds. The summed E-state index contributed by atoms with van der Waals surface area (Å²) in [5, 5.41) is 6.17. The van der Waals surface area contributed by atoms with Gasteiger partial charge in [-0.1, -0.05) is 31.0 Å². The molecule has 0 unspecified atom stereocenters. The lowest BCUT2D eigenvalue weighted by Gasteiger charge is -2.41. The molecule has 9 heteroatoms. The summed E-state index contributed by atoms with van der Waals surface area (Å²) >= 11 is 0. The van der Waals surface area contributed by atoms with Gasteiger partial charge in [0.05, 0.1) is 17.0 Å². The van der Waals surface area contributed by atoms with Gasteiger partial charge >= 0.3 is 0 Å². The van der Waals surface area contributed by atoms with E-state index >= 15 is 0 Å².